The van der Waals surface area contributed by atoms with Crippen LogP contribution in [0.4, 0.5) is 13.2 Å². The van der Waals surface area contributed by atoms with Gasteiger partial charge in [0.2, 0.25) is 0 Å². The molecule has 2 nitrogen and oxygen atoms in total. The zero-order valence-electron chi connectivity index (χ0n) is 7.68. The molecule has 0 spiro atoms. The van der Waals surface area contributed by atoms with E-state index in [0.717, 1.165) is 3.57 Å². The second-order valence-corrected chi connectivity index (χ2v) is 4.34. The number of hydrogen-bond donors (Lipinski definition) is 2. The van der Waals surface area contributed by atoms with E-state index in [-0.39, 0.29) is 6.42 Å². The van der Waals surface area contributed by atoms with Crippen molar-refractivity contribution in [2.24, 2.45) is 5.84 Å². The minimum absolute atomic E-state index is 0.156. The SMILES string of the molecule is NNC(Cc1ccc(I)cc1)C(F)(F)F. The van der Waals surface area contributed by atoms with Crippen molar-refractivity contribution in [2.75, 3.05) is 0 Å². The Balaban J connectivity index is 2.71. The van der Waals surface area contributed by atoms with E-state index in [1.54, 1.807) is 29.7 Å². The third-order valence-electron chi connectivity index (χ3n) is 1.95. The van der Waals surface area contributed by atoms with E-state index in [4.69, 9.17) is 5.84 Å². The molecule has 0 aliphatic rings. The van der Waals surface area contributed by atoms with E-state index in [1.807, 2.05) is 0 Å². The van der Waals surface area contributed by atoms with Gasteiger partial charge in [-0.25, -0.2) is 5.43 Å². The first-order valence-electron chi connectivity index (χ1n) is 4.21. The topological polar surface area (TPSA) is 38.0 Å². The van der Waals surface area contributed by atoms with Crippen molar-refractivity contribution in [2.45, 2.75) is 18.6 Å². The van der Waals surface area contributed by atoms with E-state index < -0.39 is 12.2 Å². The number of hydrazine groups is 1. The predicted molar refractivity (Wildman–Crippen MR) is 60.0 cm³/mol. The number of nitrogens with two attached hydrogens (primary N) is 1. The van der Waals surface area contributed by atoms with Crippen molar-refractivity contribution in [3.05, 3.63) is 33.4 Å². The lowest BCUT2D eigenvalue weighted by atomic mass is 10.1. The Hall–Kier alpha value is -0.340. The number of hydrogen-bond acceptors (Lipinski definition) is 2. The highest BCUT2D eigenvalue weighted by atomic mass is 127. The first kappa shape index (κ1) is 12.7. The van der Waals surface area contributed by atoms with Crippen LogP contribution in [0.25, 0.3) is 0 Å². The maximum atomic E-state index is 12.3. The average Bonchev–Trinajstić information content (AvgIpc) is 2.15. The zero-order valence-corrected chi connectivity index (χ0v) is 9.84. The Morgan fingerprint density at radius 1 is 1.27 bits per heavy atom. The van der Waals surface area contributed by atoms with Crippen molar-refractivity contribution in [1.29, 1.82) is 0 Å². The summed E-state index contributed by atoms with van der Waals surface area (Å²) < 4.78 is 38.0. The zero-order chi connectivity index (χ0) is 11.5. The van der Waals surface area contributed by atoms with E-state index >= 15 is 0 Å². The fraction of sp³-hybridized carbons (Fsp3) is 0.333. The molecule has 0 saturated carbocycles. The molecule has 1 aromatic carbocycles. The lowest BCUT2D eigenvalue weighted by molar-refractivity contribution is -0.155. The van der Waals surface area contributed by atoms with Crippen LogP contribution < -0.4 is 11.3 Å². The normalized spacial score (nSPS) is 13.9. The van der Waals surface area contributed by atoms with E-state index in [0.29, 0.717) is 5.56 Å². The number of alkyl halides is 3. The van der Waals surface area contributed by atoms with Crippen LogP contribution in [0.2, 0.25) is 0 Å². The summed E-state index contributed by atoms with van der Waals surface area (Å²) >= 11 is 2.09. The summed E-state index contributed by atoms with van der Waals surface area (Å²) in [5.41, 5.74) is 2.39. The molecule has 3 N–H and O–H groups in total. The van der Waals surface area contributed by atoms with Crippen molar-refractivity contribution < 1.29 is 13.2 Å². The molecule has 0 aliphatic carbocycles. The van der Waals surface area contributed by atoms with Crippen LogP contribution in [-0.2, 0) is 6.42 Å². The molecular weight excluding hydrogens is 320 g/mol. The van der Waals surface area contributed by atoms with Crippen LogP contribution >= 0.6 is 22.6 Å². The first-order chi connectivity index (χ1) is 6.93. The Bertz CT molecular complexity index is 310. The number of halogens is 4. The molecule has 84 valence electrons. The molecule has 0 heterocycles. The molecule has 1 rings (SSSR count). The molecule has 6 heteroatoms. The number of benzene rings is 1. The maximum absolute atomic E-state index is 12.3. The van der Waals surface area contributed by atoms with E-state index in [9.17, 15) is 13.2 Å². The van der Waals surface area contributed by atoms with Crippen LogP contribution in [0.1, 0.15) is 5.56 Å². The van der Waals surface area contributed by atoms with Gasteiger partial charge in [-0.05, 0) is 46.7 Å². The maximum Gasteiger partial charge on any atom is 0.405 e. The summed E-state index contributed by atoms with van der Waals surface area (Å²) in [5.74, 6) is 4.87. The predicted octanol–water partition coefficient (Wildman–Crippen LogP) is 2.23. The van der Waals surface area contributed by atoms with E-state index in [2.05, 4.69) is 22.6 Å². The fourth-order valence-electron chi connectivity index (χ4n) is 1.13. The lowest BCUT2D eigenvalue weighted by Crippen LogP contribution is -2.47. The van der Waals surface area contributed by atoms with Gasteiger partial charge in [-0.3, -0.25) is 5.84 Å². The van der Waals surface area contributed by atoms with Gasteiger partial charge in [-0.2, -0.15) is 13.2 Å². The molecule has 1 atom stereocenters. The summed E-state index contributed by atoms with van der Waals surface area (Å²) in [7, 11) is 0. The number of rotatable bonds is 3. The molecule has 0 saturated heterocycles. The smallest absolute Gasteiger partial charge is 0.271 e. The van der Waals surface area contributed by atoms with Crippen molar-refractivity contribution in [3.8, 4) is 0 Å². The summed E-state index contributed by atoms with van der Waals surface area (Å²) in [6.07, 6.45) is -4.48. The third kappa shape index (κ3) is 3.96. The minimum Gasteiger partial charge on any atom is -0.271 e. The van der Waals surface area contributed by atoms with Gasteiger partial charge < -0.3 is 0 Å². The van der Waals surface area contributed by atoms with E-state index in [1.165, 1.54) is 0 Å². The molecule has 15 heavy (non-hydrogen) atoms. The highest BCUT2D eigenvalue weighted by Crippen LogP contribution is 2.22. The highest BCUT2D eigenvalue weighted by molar-refractivity contribution is 14.1. The van der Waals surface area contributed by atoms with Crippen LogP contribution in [0, 0.1) is 3.57 Å². The molecule has 1 unspecified atom stereocenters. The van der Waals surface area contributed by atoms with Gasteiger partial charge in [0.15, 0.2) is 0 Å². The molecule has 0 radical (unpaired) electrons. The van der Waals surface area contributed by atoms with Crippen LogP contribution in [0.15, 0.2) is 24.3 Å². The average molecular weight is 330 g/mol. The summed E-state index contributed by atoms with van der Waals surface area (Å²) in [6.45, 7) is 0. The van der Waals surface area contributed by atoms with Gasteiger partial charge in [0.25, 0.3) is 0 Å². The van der Waals surface area contributed by atoms with Crippen molar-refractivity contribution >= 4 is 22.6 Å². The van der Waals surface area contributed by atoms with Gasteiger partial charge in [0, 0.05) is 3.57 Å². The number of nitrogens with one attached hydrogen (secondary N) is 1. The summed E-state index contributed by atoms with van der Waals surface area (Å²) in [6, 6.07) is 5.16. The van der Waals surface area contributed by atoms with Crippen LogP contribution in [0.5, 0.6) is 0 Å². The Morgan fingerprint density at radius 3 is 2.20 bits per heavy atom. The Labute approximate surface area is 99.1 Å². The molecule has 0 fully saturated rings. The Morgan fingerprint density at radius 2 is 1.80 bits per heavy atom. The fourth-order valence-corrected chi connectivity index (χ4v) is 1.48. The quantitative estimate of drug-likeness (QED) is 0.507. The molecule has 1 aromatic rings. The first-order valence-corrected chi connectivity index (χ1v) is 5.28. The highest BCUT2D eigenvalue weighted by Gasteiger charge is 2.38. The largest absolute Gasteiger partial charge is 0.405 e. The van der Waals surface area contributed by atoms with Gasteiger partial charge in [0.1, 0.15) is 6.04 Å². The second-order valence-electron chi connectivity index (χ2n) is 3.09. The van der Waals surface area contributed by atoms with Crippen LogP contribution in [-0.4, -0.2) is 12.2 Å². The lowest BCUT2D eigenvalue weighted by Gasteiger charge is -2.19. The molecule has 0 bridgehead atoms. The monoisotopic (exact) mass is 330 g/mol. The summed E-state index contributed by atoms with van der Waals surface area (Å²) in [4.78, 5) is 0. The van der Waals surface area contributed by atoms with Gasteiger partial charge in [-0.1, -0.05) is 12.1 Å². The molecule has 0 amide bonds. The van der Waals surface area contributed by atoms with Gasteiger partial charge in [0.05, 0.1) is 0 Å². The summed E-state index contributed by atoms with van der Waals surface area (Å²) in [5, 5.41) is 0. The second kappa shape index (κ2) is 5.13. The molecule has 0 aliphatic heterocycles. The van der Waals surface area contributed by atoms with Crippen LogP contribution in [0.3, 0.4) is 0 Å². The van der Waals surface area contributed by atoms with Crippen molar-refractivity contribution in [1.82, 2.24) is 5.43 Å². The van der Waals surface area contributed by atoms with Gasteiger partial charge in [-0.15, -0.1) is 0 Å². The van der Waals surface area contributed by atoms with Crippen molar-refractivity contribution in [3.63, 3.8) is 0 Å². The standard InChI is InChI=1S/C9H10F3IN2/c10-9(11,12)8(15-14)5-6-1-3-7(13)4-2-6/h1-4,8,15H,5,14H2. The molecular formula is C9H10F3IN2. The van der Waals surface area contributed by atoms with Gasteiger partial charge >= 0.3 is 6.18 Å². The molecule has 0 aromatic heterocycles. The minimum atomic E-state index is -4.32. The third-order valence-corrected chi connectivity index (χ3v) is 2.67. The Kier molecular flexibility index (Phi) is 4.35.